The lowest BCUT2D eigenvalue weighted by atomic mass is 10.1. The van der Waals surface area contributed by atoms with Crippen LogP contribution < -0.4 is 16.8 Å². The normalized spacial score (nSPS) is 11.1. The van der Waals surface area contributed by atoms with Gasteiger partial charge in [-0.1, -0.05) is 156 Å². The molecule has 0 aromatic heterocycles. The highest BCUT2D eigenvalue weighted by Gasteiger charge is 2.16. The summed E-state index contributed by atoms with van der Waals surface area (Å²) in [5.74, 6) is -1.50. The van der Waals surface area contributed by atoms with E-state index in [0.29, 0.717) is 6.54 Å². The second-order valence-corrected chi connectivity index (χ2v) is 9.98. The topological polar surface area (TPSA) is 98.2 Å². The lowest BCUT2D eigenvalue weighted by molar-refractivity contribution is -0.126. The molecule has 0 aromatic carbocycles. The average molecular weight is 500 g/mol. The van der Waals surface area contributed by atoms with Gasteiger partial charge in [-0.05, 0) is 7.05 Å². The van der Waals surface area contributed by atoms with Crippen molar-refractivity contribution in [3.63, 3.8) is 0 Å². The fraction of sp³-hybridized carbons (Fsp3) is 0.933. The Morgan fingerprint density at radius 2 is 0.800 bits per heavy atom. The number of unbranched alkanes of at least 4 members (excludes halogenated alkanes) is 18. The van der Waals surface area contributed by atoms with Gasteiger partial charge in [0, 0.05) is 13.0 Å². The molecule has 0 aliphatic carbocycles. The maximum Gasteiger partial charge on any atom is 0.222 e. The molecule has 2 amide bonds. The van der Waals surface area contributed by atoms with Crippen molar-refractivity contribution >= 4 is 11.8 Å². The second kappa shape index (κ2) is 35.1. The van der Waals surface area contributed by atoms with Crippen LogP contribution in [-0.4, -0.2) is 25.4 Å². The maximum absolute atomic E-state index is 10.6. The van der Waals surface area contributed by atoms with Crippen LogP contribution in [0.2, 0.25) is 0 Å². The molecule has 212 valence electrons. The predicted molar refractivity (Wildman–Crippen MR) is 155 cm³/mol. The third-order valence-electron chi connectivity index (χ3n) is 6.21. The Kier molecular flexibility index (Phi) is 38.5. The molecule has 0 aliphatic heterocycles. The minimum atomic E-state index is -0.510. The molecule has 5 heteroatoms. The summed E-state index contributed by atoms with van der Waals surface area (Å²) in [7, 11) is 1.68. The number of carbonyl (C=O) groups excluding carboxylic acids is 2. The van der Waals surface area contributed by atoms with Crippen molar-refractivity contribution in [2.45, 2.75) is 163 Å². The molecule has 35 heavy (non-hydrogen) atoms. The highest BCUT2D eigenvalue weighted by molar-refractivity contribution is 5.84. The highest BCUT2D eigenvalue weighted by atomic mass is 16.2. The van der Waals surface area contributed by atoms with Crippen LogP contribution in [0.3, 0.4) is 0 Å². The van der Waals surface area contributed by atoms with Crippen LogP contribution in [0.15, 0.2) is 0 Å². The molecular formula is C30H65N3O2. The Bertz CT molecular complexity index is 376. The molecular weight excluding hydrogens is 434 g/mol. The van der Waals surface area contributed by atoms with Crippen molar-refractivity contribution in [3.05, 3.63) is 0 Å². The highest BCUT2D eigenvalue weighted by Crippen LogP contribution is 2.11. The Labute approximate surface area is 220 Å². The van der Waals surface area contributed by atoms with Crippen LogP contribution in [0, 0.1) is 5.92 Å². The number of hydrogen-bond acceptors (Lipinski definition) is 3. The molecule has 0 spiro atoms. The Hall–Kier alpha value is -1.10. The Morgan fingerprint density at radius 3 is 0.971 bits per heavy atom. The monoisotopic (exact) mass is 500 g/mol. The van der Waals surface area contributed by atoms with Gasteiger partial charge in [0.1, 0.15) is 0 Å². The molecule has 1 atom stereocenters. The number of rotatable bonds is 23. The van der Waals surface area contributed by atoms with Crippen molar-refractivity contribution in [1.29, 1.82) is 0 Å². The van der Waals surface area contributed by atoms with Gasteiger partial charge in [0.25, 0.3) is 0 Å². The lowest BCUT2D eigenvalue weighted by Crippen LogP contribution is -2.34. The standard InChI is InChI=1S/2C12H26.C6H13N3O2/c2*1-3-5-7-9-11-12-10-8-6-4-2;1-9-3-4(6(8)11)2-5(7)10/h2*3-12H2,1-2H3;4,9H,2-3H2,1H3,(H2,7,10)(H2,8,11). The van der Waals surface area contributed by atoms with Crippen molar-refractivity contribution < 1.29 is 9.59 Å². The van der Waals surface area contributed by atoms with Crippen LogP contribution in [-0.2, 0) is 9.59 Å². The summed E-state index contributed by atoms with van der Waals surface area (Å²) >= 11 is 0. The zero-order valence-corrected chi connectivity index (χ0v) is 24.6. The number of primary amides is 2. The van der Waals surface area contributed by atoms with Crippen molar-refractivity contribution in [3.8, 4) is 0 Å². The SMILES string of the molecule is CCCCCCCCCCCC.CCCCCCCCCCCC.CNCC(CC(N)=O)C(N)=O. The average Bonchev–Trinajstić information content (AvgIpc) is 2.83. The van der Waals surface area contributed by atoms with E-state index >= 15 is 0 Å². The number of amides is 2. The zero-order valence-electron chi connectivity index (χ0n) is 24.6. The quantitative estimate of drug-likeness (QED) is 0.124. The third kappa shape index (κ3) is 40.4. The van der Waals surface area contributed by atoms with E-state index in [2.05, 4.69) is 33.0 Å². The van der Waals surface area contributed by atoms with Gasteiger partial charge in [0.15, 0.2) is 0 Å². The number of carbonyl (C=O) groups is 2. The third-order valence-corrected chi connectivity index (χ3v) is 6.21. The first-order valence-electron chi connectivity index (χ1n) is 15.1. The molecule has 0 aliphatic rings. The summed E-state index contributed by atoms with van der Waals surface area (Å²) < 4.78 is 0. The minimum absolute atomic E-state index is 0.0101. The van der Waals surface area contributed by atoms with Gasteiger partial charge in [0.2, 0.25) is 11.8 Å². The number of nitrogens with one attached hydrogen (secondary N) is 1. The van der Waals surface area contributed by atoms with Crippen LogP contribution in [0.4, 0.5) is 0 Å². The first kappa shape index (κ1) is 38.4. The van der Waals surface area contributed by atoms with Gasteiger partial charge in [0.05, 0.1) is 5.92 Å². The van der Waals surface area contributed by atoms with Gasteiger partial charge in [-0.3, -0.25) is 9.59 Å². The van der Waals surface area contributed by atoms with E-state index in [9.17, 15) is 9.59 Å². The van der Waals surface area contributed by atoms with E-state index in [1.807, 2.05) is 0 Å². The molecule has 0 radical (unpaired) electrons. The van der Waals surface area contributed by atoms with Gasteiger partial charge in [-0.25, -0.2) is 0 Å². The fourth-order valence-electron chi connectivity index (χ4n) is 3.88. The molecule has 0 rings (SSSR count). The van der Waals surface area contributed by atoms with Crippen LogP contribution in [0.1, 0.15) is 163 Å². The van der Waals surface area contributed by atoms with E-state index in [1.165, 1.54) is 128 Å². The van der Waals surface area contributed by atoms with E-state index in [4.69, 9.17) is 11.5 Å². The van der Waals surface area contributed by atoms with Gasteiger partial charge in [-0.15, -0.1) is 0 Å². The first-order chi connectivity index (χ1) is 16.9. The molecule has 0 heterocycles. The summed E-state index contributed by atoms with van der Waals surface area (Å²) in [5.41, 5.74) is 9.87. The molecule has 1 unspecified atom stereocenters. The zero-order chi connectivity index (χ0) is 27.0. The Balaban J connectivity index is -0.000000439. The van der Waals surface area contributed by atoms with Gasteiger partial charge < -0.3 is 16.8 Å². The van der Waals surface area contributed by atoms with E-state index in [-0.39, 0.29) is 6.42 Å². The van der Waals surface area contributed by atoms with Crippen LogP contribution in [0.5, 0.6) is 0 Å². The molecule has 0 bridgehead atoms. The number of nitrogens with two attached hydrogens (primary N) is 2. The predicted octanol–water partition coefficient (Wildman–Crippen LogP) is 8.04. The van der Waals surface area contributed by atoms with Crippen LogP contribution in [0.25, 0.3) is 0 Å². The smallest absolute Gasteiger partial charge is 0.222 e. The minimum Gasteiger partial charge on any atom is -0.370 e. The van der Waals surface area contributed by atoms with Crippen molar-refractivity contribution in [2.75, 3.05) is 13.6 Å². The van der Waals surface area contributed by atoms with Crippen LogP contribution >= 0.6 is 0 Å². The number of hydrogen-bond donors (Lipinski definition) is 3. The summed E-state index contributed by atoms with van der Waals surface area (Å²) in [6.07, 6.45) is 28.9. The molecule has 0 saturated carbocycles. The fourth-order valence-corrected chi connectivity index (χ4v) is 3.88. The molecule has 5 nitrogen and oxygen atoms in total. The summed E-state index contributed by atoms with van der Waals surface area (Å²) in [4.78, 5) is 21.0. The maximum atomic E-state index is 10.6. The van der Waals surface area contributed by atoms with Crippen molar-refractivity contribution in [2.24, 2.45) is 17.4 Å². The molecule has 0 aromatic rings. The first-order valence-corrected chi connectivity index (χ1v) is 15.1. The largest absolute Gasteiger partial charge is 0.370 e. The van der Waals surface area contributed by atoms with Gasteiger partial charge >= 0.3 is 0 Å². The second-order valence-electron chi connectivity index (χ2n) is 9.98. The van der Waals surface area contributed by atoms with Crippen molar-refractivity contribution in [1.82, 2.24) is 5.32 Å². The summed E-state index contributed by atoms with van der Waals surface area (Å²) in [5, 5.41) is 2.75. The van der Waals surface area contributed by atoms with E-state index < -0.39 is 17.7 Å². The molecule has 5 N–H and O–H groups in total. The molecule has 0 saturated heterocycles. The van der Waals surface area contributed by atoms with Gasteiger partial charge in [-0.2, -0.15) is 0 Å². The van der Waals surface area contributed by atoms with E-state index in [1.54, 1.807) is 7.05 Å². The molecule has 0 fully saturated rings. The lowest BCUT2D eigenvalue weighted by Gasteiger charge is -2.09. The summed E-state index contributed by atoms with van der Waals surface area (Å²) in [6.45, 7) is 9.50. The van der Waals surface area contributed by atoms with E-state index in [0.717, 1.165) is 0 Å². The summed E-state index contributed by atoms with van der Waals surface area (Å²) in [6, 6.07) is 0. The Morgan fingerprint density at radius 1 is 0.543 bits per heavy atom.